The quantitative estimate of drug-likeness (QED) is 0.870. The highest BCUT2D eigenvalue weighted by atomic mass is 79.9. The van der Waals surface area contributed by atoms with Gasteiger partial charge in [0, 0.05) is 28.5 Å². The van der Waals surface area contributed by atoms with Crippen molar-refractivity contribution in [2.24, 2.45) is 0 Å². The molecular weight excluding hydrogens is 304 g/mol. The molecule has 0 aliphatic carbocycles. The lowest BCUT2D eigenvalue weighted by atomic mass is 10.3. The first-order valence-electron chi connectivity index (χ1n) is 6.29. The van der Waals surface area contributed by atoms with Gasteiger partial charge < -0.3 is 10.6 Å². The maximum absolute atomic E-state index is 4.45. The van der Waals surface area contributed by atoms with Gasteiger partial charge in [-0.05, 0) is 31.5 Å². The molecule has 0 aliphatic heterocycles. The van der Waals surface area contributed by atoms with E-state index in [0.29, 0.717) is 5.95 Å². The van der Waals surface area contributed by atoms with E-state index in [4.69, 9.17) is 0 Å². The van der Waals surface area contributed by atoms with Gasteiger partial charge in [-0.15, -0.1) is 0 Å². The van der Waals surface area contributed by atoms with Crippen LogP contribution >= 0.6 is 15.9 Å². The van der Waals surface area contributed by atoms with Gasteiger partial charge in [-0.2, -0.15) is 4.98 Å². The molecule has 0 spiro atoms. The molecule has 1 aromatic carbocycles. The number of benzene rings is 1. The summed E-state index contributed by atoms with van der Waals surface area (Å²) >= 11 is 3.45. The number of nitrogens with one attached hydrogen (secondary N) is 2. The largest absolute Gasteiger partial charge is 0.354 e. The molecule has 2 aromatic rings. The molecule has 0 atom stereocenters. The Morgan fingerprint density at radius 3 is 2.79 bits per heavy atom. The van der Waals surface area contributed by atoms with Crippen LogP contribution < -0.4 is 10.6 Å². The van der Waals surface area contributed by atoms with Crippen molar-refractivity contribution in [3.63, 3.8) is 0 Å². The predicted octanol–water partition coefficient (Wildman–Crippen LogP) is 4.11. The van der Waals surface area contributed by atoms with Crippen molar-refractivity contribution in [1.29, 1.82) is 0 Å². The Bertz CT molecular complexity index is 557. The van der Waals surface area contributed by atoms with E-state index in [2.05, 4.69) is 43.5 Å². The molecule has 4 nitrogen and oxygen atoms in total. The zero-order valence-corrected chi connectivity index (χ0v) is 12.7. The molecule has 100 valence electrons. The van der Waals surface area contributed by atoms with Crippen LogP contribution in [-0.4, -0.2) is 16.5 Å². The molecule has 5 heteroatoms. The molecule has 0 radical (unpaired) electrons. The van der Waals surface area contributed by atoms with Gasteiger partial charge in [-0.1, -0.05) is 28.9 Å². The van der Waals surface area contributed by atoms with Crippen LogP contribution in [0, 0.1) is 6.92 Å². The van der Waals surface area contributed by atoms with Crippen molar-refractivity contribution in [1.82, 2.24) is 9.97 Å². The lowest BCUT2D eigenvalue weighted by Crippen LogP contribution is -2.06. The number of anilines is 3. The van der Waals surface area contributed by atoms with E-state index in [1.165, 1.54) is 0 Å². The van der Waals surface area contributed by atoms with Gasteiger partial charge in [0.15, 0.2) is 0 Å². The minimum atomic E-state index is 0.666. The highest BCUT2D eigenvalue weighted by Crippen LogP contribution is 2.20. The molecule has 0 saturated carbocycles. The molecule has 2 N–H and O–H groups in total. The van der Waals surface area contributed by atoms with E-state index in [-0.39, 0.29) is 0 Å². The highest BCUT2D eigenvalue weighted by Gasteiger charge is 2.02. The third kappa shape index (κ3) is 4.21. The van der Waals surface area contributed by atoms with Crippen molar-refractivity contribution >= 4 is 33.4 Å². The summed E-state index contributed by atoms with van der Waals surface area (Å²) in [5.41, 5.74) is 1.93. The average molecular weight is 321 g/mol. The van der Waals surface area contributed by atoms with Crippen LogP contribution in [-0.2, 0) is 0 Å². The Kier molecular flexibility index (Phi) is 4.74. The van der Waals surface area contributed by atoms with Gasteiger partial charge in [0.05, 0.1) is 0 Å². The summed E-state index contributed by atoms with van der Waals surface area (Å²) in [4.78, 5) is 8.81. The SMILES string of the molecule is CCCNc1nc(C)cc(Nc2cccc(Br)c2)n1. The summed E-state index contributed by atoms with van der Waals surface area (Å²) in [6.07, 6.45) is 1.05. The van der Waals surface area contributed by atoms with Crippen LogP contribution in [0.1, 0.15) is 19.0 Å². The topological polar surface area (TPSA) is 49.8 Å². The third-order valence-corrected chi connectivity index (χ3v) is 2.98. The minimum absolute atomic E-state index is 0.666. The van der Waals surface area contributed by atoms with E-state index in [1.807, 2.05) is 37.3 Å². The Labute approximate surface area is 121 Å². The number of hydrogen-bond donors (Lipinski definition) is 2. The van der Waals surface area contributed by atoms with E-state index < -0.39 is 0 Å². The van der Waals surface area contributed by atoms with Crippen molar-refractivity contribution in [3.8, 4) is 0 Å². The molecule has 0 unspecified atom stereocenters. The number of rotatable bonds is 5. The molecule has 0 aliphatic rings. The molecule has 0 amide bonds. The van der Waals surface area contributed by atoms with Crippen LogP contribution in [0.3, 0.4) is 0 Å². The average Bonchev–Trinajstić information content (AvgIpc) is 2.35. The standard InChI is InChI=1S/C14H17BrN4/c1-3-7-16-14-17-10(2)8-13(19-14)18-12-6-4-5-11(15)9-12/h4-6,8-9H,3,7H2,1-2H3,(H2,16,17,18,19). The van der Waals surface area contributed by atoms with Crippen LogP contribution in [0.5, 0.6) is 0 Å². The molecule has 0 fully saturated rings. The molecule has 2 rings (SSSR count). The smallest absolute Gasteiger partial charge is 0.224 e. The fourth-order valence-electron chi connectivity index (χ4n) is 1.66. The second-order valence-corrected chi connectivity index (χ2v) is 5.20. The zero-order valence-electron chi connectivity index (χ0n) is 11.1. The minimum Gasteiger partial charge on any atom is -0.354 e. The highest BCUT2D eigenvalue weighted by molar-refractivity contribution is 9.10. The molecule has 0 bridgehead atoms. The van der Waals surface area contributed by atoms with Gasteiger partial charge in [0.25, 0.3) is 0 Å². The maximum atomic E-state index is 4.45. The number of nitrogens with zero attached hydrogens (tertiary/aromatic N) is 2. The Morgan fingerprint density at radius 1 is 1.21 bits per heavy atom. The summed E-state index contributed by atoms with van der Waals surface area (Å²) in [6, 6.07) is 9.91. The monoisotopic (exact) mass is 320 g/mol. The lowest BCUT2D eigenvalue weighted by molar-refractivity contribution is 0.947. The zero-order chi connectivity index (χ0) is 13.7. The number of halogens is 1. The van der Waals surface area contributed by atoms with Crippen LogP contribution in [0.4, 0.5) is 17.5 Å². The van der Waals surface area contributed by atoms with E-state index in [0.717, 1.165) is 34.6 Å². The first-order valence-corrected chi connectivity index (χ1v) is 7.09. The second kappa shape index (κ2) is 6.52. The van der Waals surface area contributed by atoms with Crippen molar-refractivity contribution in [3.05, 3.63) is 40.5 Å². The summed E-state index contributed by atoms with van der Waals surface area (Å²) in [6.45, 7) is 4.95. The predicted molar refractivity (Wildman–Crippen MR) is 83.0 cm³/mol. The maximum Gasteiger partial charge on any atom is 0.224 e. The fourth-order valence-corrected chi connectivity index (χ4v) is 2.06. The third-order valence-electron chi connectivity index (χ3n) is 2.48. The summed E-state index contributed by atoms with van der Waals surface area (Å²) < 4.78 is 1.03. The van der Waals surface area contributed by atoms with Gasteiger partial charge in [-0.3, -0.25) is 0 Å². The molecular formula is C14H17BrN4. The summed E-state index contributed by atoms with van der Waals surface area (Å²) in [5.74, 6) is 1.46. The molecule has 19 heavy (non-hydrogen) atoms. The normalized spacial score (nSPS) is 10.3. The summed E-state index contributed by atoms with van der Waals surface area (Å²) in [5, 5.41) is 6.48. The second-order valence-electron chi connectivity index (χ2n) is 4.28. The lowest BCUT2D eigenvalue weighted by Gasteiger charge is -2.09. The van der Waals surface area contributed by atoms with Crippen molar-refractivity contribution in [2.45, 2.75) is 20.3 Å². The number of aryl methyl sites for hydroxylation is 1. The van der Waals surface area contributed by atoms with Gasteiger partial charge >= 0.3 is 0 Å². The Morgan fingerprint density at radius 2 is 2.05 bits per heavy atom. The van der Waals surface area contributed by atoms with E-state index in [1.54, 1.807) is 0 Å². The molecule has 1 aromatic heterocycles. The first kappa shape index (κ1) is 13.8. The number of aromatic nitrogens is 2. The first-order chi connectivity index (χ1) is 9.17. The van der Waals surface area contributed by atoms with Crippen molar-refractivity contribution < 1.29 is 0 Å². The van der Waals surface area contributed by atoms with Crippen LogP contribution in [0.25, 0.3) is 0 Å². The van der Waals surface area contributed by atoms with Gasteiger partial charge in [-0.25, -0.2) is 4.98 Å². The van der Waals surface area contributed by atoms with Crippen LogP contribution in [0.2, 0.25) is 0 Å². The van der Waals surface area contributed by atoms with E-state index >= 15 is 0 Å². The Hall–Kier alpha value is -1.62. The molecule has 1 heterocycles. The Balaban J connectivity index is 2.17. The molecule has 0 saturated heterocycles. The van der Waals surface area contributed by atoms with Gasteiger partial charge in [0.1, 0.15) is 5.82 Å². The van der Waals surface area contributed by atoms with Crippen LogP contribution in [0.15, 0.2) is 34.8 Å². The fraction of sp³-hybridized carbons (Fsp3) is 0.286. The number of hydrogen-bond acceptors (Lipinski definition) is 4. The summed E-state index contributed by atoms with van der Waals surface area (Å²) in [7, 11) is 0. The van der Waals surface area contributed by atoms with Gasteiger partial charge in [0.2, 0.25) is 5.95 Å². The van der Waals surface area contributed by atoms with Crippen molar-refractivity contribution in [2.75, 3.05) is 17.2 Å². The van der Waals surface area contributed by atoms with E-state index in [9.17, 15) is 0 Å².